The SMILES string of the molecule is Cc1cn(-c2nc(Nc3cc(C)c(OCCO)c(C)c3)ncc2C)cc1CN1CCCN(C(N)=O)CC1. The number of carbonyl (C=O) groups excluding carboxylic acids is 1. The summed E-state index contributed by atoms with van der Waals surface area (Å²) < 4.78 is 7.72. The number of nitrogens with two attached hydrogens (primary N) is 1. The number of aromatic nitrogens is 3. The Balaban J connectivity index is 1.50. The fourth-order valence-corrected chi connectivity index (χ4v) is 4.76. The summed E-state index contributed by atoms with van der Waals surface area (Å²) >= 11 is 0. The first-order valence-electron chi connectivity index (χ1n) is 12.6. The third-order valence-corrected chi connectivity index (χ3v) is 6.67. The molecule has 1 aliphatic heterocycles. The molecule has 1 aliphatic rings. The number of aliphatic hydroxyl groups excluding tert-OH is 1. The smallest absolute Gasteiger partial charge is 0.314 e. The molecule has 0 bridgehead atoms. The van der Waals surface area contributed by atoms with E-state index in [1.807, 2.05) is 39.1 Å². The van der Waals surface area contributed by atoms with Gasteiger partial charge in [0.15, 0.2) is 0 Å². The number of amides is 2. The van der Waals surface area contributed by atoms with E-state index in [1.165, 1.54) is 11.1 Å². The van der Waals surface area contributed by atoms with Gasteiger partial charge in [-0.2, -0.15) is 4.98 Å². The van der Waals surface area contributed by atoms with E-state index in [0.29, 0.717) is 19.0 Å². The second-order valence-electron chi connectivity index (χ2n) is 9.67. The van der Waals surface area contributed by atoms with E-state index < -0.39 is 0 Å². The van der Waals surface area contributed by atoms with Gasteiger partial charge in [0.1, 0.15) is 18.2 Å². The maximum absolute atomic E-state index is 11.5. The van der Waals surface area contributed by atoms with Gasteiger partial charge in [-0.3, -0.25) is 4.90 Å². The number of urea groups is 1. The average Bonchev–Trinajstić information content (AvgIpc) is 3.05. The van der Waals surface area contributed by atoms with Gasteiger partial charge in [-0.1, -0.05) is 0 Å². The van der Waals surface area contributed by atoms with Crippen molar-refractivity contribution < 1.29 is 14.6 Å². The van der Waals surface area contributed by atoms with Gasteiger partial charge in [0.05, 0.1) is 6.61 Å². The van der Waals surface area contributed by atoms with Gasteiger partial charge in [-0.25, -0.2) is 9.78 Å². The van der Waals surface area contributed by atoms with Crippen LogP contribution in [0.3, 0.4) is 0 Å². The number of aliphatic hydroxyl groups is 1. The Morgan fingerprint density at radius 2 is 1.81 bits per heavy atom. The van der Waals surface area contributed by atoms with E-state index in [4.69, 9.17) is 20.6 Å². The zero-order valence-corrected chi connectivity index (χ0v) is 22.1. The number of hydrogen-bond donors (Lipinski definition) is 3. The fourth-order valence-electron chi connectivity index (χ4n) is 4.76. The Kier molecular flexibility index (Phi) is 8.30. The largest absolute Gasteiger partial charge is 0.491 e. The van der Waals surface area contributed by atoms with Crippen molar-refractivity contribution >= 4 is 17.7 Å². The quantitative estimate of drug-likeness (QED) is 0.428. The summed E-state index contributed by atoms with van der Waals surface area (Å²) in [6.07, 6.45) is 6.97. The van der Waals surface area contributed by atoms with Gasteiger partial charge in [0.2, 0.25) is 5.95 Å². The van der Waals surface area contributed by atoms with Crippen LogP contribution in [0.4, 0.5) is 16.4 Å². The predicted molar refractivity (Wildman–Crippen MR) is 144 cm³/mol. The summed E-state index contributed by atoms with van der Waals surface area (Å²) in [6.45, 7) is 12.2. The lowest BCUT2D eigenvalue weighted by Gasteiger charge is -2.20. The normalized spacial score (nSPS) is 14.5. The topological polar surface area (TPSA) is 122 Å². The van der Waals surface area contributed by atoms with E-state index in [1.54, 1.807) is 4.90 Å². The van der Waals surface area contributed by atoms with Crippen molar-refractivity contribution in [3.8, 4) is 11.6 Å². The molecule has 0 unspecified atom stereocenters. The number of benzene rings is 1. The molecule has 10 heteroatoms. The lowest BCUT2D eigenvalue weighted by molar-refractivity contribution is 0.200. The lowest BCUT2D eigenvalue weighted by Crippen LogP contribution is -2.38. The lowest BCUT2D eigenvalue weighted by atomic mass is 10.1. The Hall–Kier alpha value is -3.63. The van der Waals surface area contributed by atoms with Crippen LogP contribution >= 0.6 is 0 Å². The van der Waals surface area contributed by atoms with Crippen LogP contribution < -0.4 is 15.8 Å². The van der Waals surface area contributed by atoms with Crippen LogP contribution in [-0.4, -0.2) is 74.9 Å². The maximum atomic E-state index is 11.5. The molecule has 0 atom stereocenters. The zero-order chi connectivity index (χ0) is 26.5. The number of aryl methyl sites for hydroxylation is 4. The summed E-state index contributed by atoms with van der Waals surface area (Å²) in [4.78, 5) is 24.9. The predicted octanol–water partition coefficient (Wildman–Crippen LogP) is 3.20. The van der Waals surface area contributed by atoms with E-state index in [-0.39, 0.29) is 19.2 Å². The first-order valence-corrected chi connectivity index (χ1v) is 12.6. The molecule has 0 saturated carbocycles. The third kappa shape index (κ3) is 6.39. The fraction of sp³-hybridized carbons (Fsp3) is 0.444. The summed E-state index contributed by atoms with van der Waals surface area (Å²) in [6, 6.07) is 3.63. The highest BCUT2D eigenvalue weighted by Crippen LogP contribution is 2.29. The number of nitrogens with zero attached hydrogens (tertiary/aromatic N) is 5. The van der Waals surface area contributed by atoms with Crippen molar-refractivity contribution in [2.45, 2.75) is 40.7 Å². The Labute approximate surface area is 218 Å². The molecule has 0 radical (unpaired) electrons. The number of hydrogen-bond acceptors (Lipinski definition) is 7. The first-order chi connectivity index (χ1) is 17.7. The molecule has 1 saturated heterocycles. The molecule has 2 aromatic heterocycles. The third-order valence-electron chi connectivity index (χ3n) is 6.67. The molecule has 4 rings (SSSR count). The summed E-state index contributed by atoms with van der Waals surface area (Å²) in [5.41, 5.74) is 11.7. The molecular weight excluding hydrogens is 470 g/mol. The Morgan fingerprint density at radius 1 is 1.05 bits per heavy atom. The molecule has 3 aromatic rings. The summed E-state index contributed by atoms with van der Waals surface area (Å²) in [5, 5.41) is 12.4. The van der Waals surface area contributed by atoms with Gasteiger partial charge >= 0.3 is 6.03 Å². The summed E-state index contributed by atoms with van der Waals surface area (Å²) in [5.74, 6) is 2.11. The molecule has 10 nitrogen and oxygen atoms in total. The number of ether oxygens (including phenoxy) is 1. The van der Waals surface area contributed by atoms with Crippen LogP contribution in [0.1, 0.15) is 34.2 Å². The van der Waals surface area contributed by atoms with Crippen LogP contribution in [0.15, 0.2) is 30.7 Å². The Morgan fingerprint density at radius 3 is 2.51 bits per heavy atom. The standard InChI is InChI=1S/C27H37N7O3/c1-18-12-23(13-19(2)24(18)37-11-10-35)30-27-29-14-20(3)25(31-27)34-15-21(4)22(17-34)16-32-6-5-7-33(9-8-32)26(28)36/h12-15,17,35H,5-11,16H2,1-4H3,(H2,28,36)(H,29,30,31). The van der Waals surface area contributed by atoms with E-state index in [9.17, 15) is 4.79 Å². The molecule has 3 heterocycles. The highest BCUT2D eigenvalue weighted by atomic mass is 16.5. The van der Waals surface area contributed by atoms with Crippen LogP contribution in [0, 0.1) is 27.7 Å². The van der Waals surface area contributed by atoms with Crippen LogP contribution in [0.2, 0.25) is 0 Å². The first kappa shape index (κ1) is 26.4. The van der Waals surface area contributed by atoms with Crippen molar-refractivity contribution in [2.75, 3.05) is 44.7 Å². The van der Waals surface area contributed by atoms with Gasteiger partial charge in [0, 0.05) is 62.6 Å². The van der Waals surface area contributed by atoms with Crippen molar-refractivity contribution in [3.63, 3.8) is 0 Å². The van der Waals surface area contributed by atoms with E-state index in [0.717, 1.165) is 60.0 Å². The minimum Gasteiger partial charge on any atom is -0.491 e. The minimum absolute atomic E-state index is 0.0224. The van der Waals surface area contributed by atoms with Crippen LogP contribution in [-0.2, 0) is 6.54 Å². The number of anilines is 2. The molecule has 2 amide bonds. The number of rotatable bonds is 8. The monoisotopic (exact) mass is 507 g/mol. The van der Waals surface area contributed by atoms with Crippen LogP contribution in [0.5, 0.6) is 5.75 Å². The van der Waals surface area contributed by atoms with Crippen molar-refractivity contribution in [1.29, 1.82) is 0 Å². The maximum Gasteiger partial charge on any atom is 0.314 e. The van der Waals surface area contributed by atoms with Crippen molar-refractivity contribution in [2.24, 2.45) is 5.73 Å². The molecule has 1 aromatic carbocycles. The highest BCUT2D eigenvalue weighted by Gasteiger charge is 2.19. The number of primary amides is 1. The highest BCUT2D eigenvalue weighted by molar-refractivity contribution is 5.72. The number of nitrogens with one attached hydrogen (secondary N) is 1. The van der Waals surface area contributed by atoms with Crippen molar-refractivity contribution in [1.82, 2.24) is 24.3 Å². The van der Waals surface area contributed by atoms with Gasteiger partial charge in [0.25, 0.3) is 0 Å². The van der Waals surface area contributed by atoms with Gasteiger partial charge in [-0.15, -0.1) is 0 Å². The second kappa shape index (κ2) is 11.6. The van der Waals surface area contributed by atoms with Gasteiger partial charge in [-0.05, 0) is 68.5 Å². The zero-order valence-electron chi connectivity index (χ0n) is 22.1. The average molecular weight is 508 g/mol. The molecular formula is C27H37N7O3. The molecule has 0 spiro atoms. The molecule has 37 heavy (non-hydrogen) atoms. The molecule has 198 valence electrons. The van der Waals surface area contributed by atoms with Crippen LogP contribution in [0.25, 0.3) is 5.82 Å². The molecule has 0 aliphatic carbocycles. The van der Waals surface area contributed by atoms with Gasteiger partial charge < -0.3 is 30.4 Å². The number of carbonyl (C=O) groups is 1. The minimum atomic E-state index is -0.343. The molecule has 4 N–H and O–H groups in total. The summed E-state index contributed by atoms with van der Waals surface area (Å²) in [7, 11) is 0. The van der Waals surface area contributed by atoms with E-state index in [2.05, 4.69) is 39.1 Å². The second-order valence-corrected chi connectivity index (χ2v) is 9.67. The van der Waals surface area contributed by atoms with E-state index >= 15 is 0 Å². The van der Waals surface area contributed by atoms with Crippen molar-refractivity contribution in [3.05, 3.63) is 58.5 Å². The molecule has 1 fully saturated rings. The Bertz CT molecular complexity index is 1230.